The van der Waals surface area contributed by atoms with Crippen molar-refractivity contribution in [1.29, 1.82) is 0 Å². The average molecular weight is 301 g/mol. The summed E-state index contributed by atoms with van der Waals surface area (Å²) in [6.07, 6.45) is 2.16. The fraction of sp³-hybridized carbons (Fsp3) is 0.235. The fourth-order valence-electron chi connectivity index (χ4n) is 2.17. The highest BCUT2D eigenvalue weighted by atomic mass is 35.5. The van der Waals surface area contributed by atoms with Gasteiger partial charge in [-0.25, -0.2) is 0 Å². The average Bonchev–Trinajstić information content (AvgIpc) is 3.31. The van der Waals surface area contributed by atoms with Crippen molar-refractivity contribution in [2.45, 2.75) is 24.9 Å². The molecular formula is C17H17ClN2O. The normalized spacial score (nSPS) is 15.3. The molecule has 108 valence electrons. The van der Waals surface area contributed by atoms with E-state index in [1.807, 2.05) is 54.6 Å². The van der Waals surface area contributed by atoms with Gasteiger partial charge < -0.3 is 10.6 Å². The van der Waals surface area contributed by atoms with Crippen LogP contribution in [0.4, 0.5) is 5.69 Å². The molecule has 0 bridgehead atoms. The van der Waals surface area contributed by atoms with E-state index < -0.39 is 6.04 Å². The zero-order chi connectivity index (χ0) is 14.7. The second-order valence-corrected chi connectivity index (χ2v) is 5.71. The third-order valence-electron chi connectivity index (χ3n) is 3.47. The van der Waals surface area contributed by atoms with Crippen LogP contribution in [0.15, 0.2) is 54.6 Å². The first kappa shape index (κ1) is 14.0. The number of rotatable bonds is 5. The van der Waals surface area contributed by atoms with Gasteiger partial charge in [0.2, 0.25) is 5.91 Å². The zero-order valence-electron chi connectivity index (χ0n) is 11.6. The third-order valence-corrected chi connectivity index (χ3v) is 3.73. The van der Waals surface area contributed by atoms with Gasteiger partial charge >= 0.3 is 0 Å². The molecule has 1 amide bonds. The van der Waals surface area contributed by atoms with E-state index in [9.17, 15) is 4.79 Å². The van der Waals surface area contributed by atoms with Crippen LogP contribution >= 0.6 is 11.6 Å². The van der Waals surface area contributed by atoms with Crippen LogP contribution in [-0.2, 0) is 4.79 Å². The Hall–Kier alpha value is -2.00. The molecule has 1 unspecified atom stereocenters. The van der Waals surface area contributed by atoms with E-state index in [0.717, 1.165) is 24.1 Å². The van der Waals surface area contributed by atoms with Crippen molar-refractivity contribution in [3.05, 3.63) is 65.2 Å². The molecule has 1 aliphatic rings. The van der Waals surface area contributed by atoms with Crippen LogP contribution in [0.1, 0.15) is 24.4 Å². The molecule has 3 nitrogen and oxygen atoms in total. The quantitative estimate of drug-likeness (QED) is 0.882. The van der Waals surface area contributed by atoms with Crippen molar-refractivity contribution in [2.24, 2.45) is 0 Å². The van der Waals surface area contributed by atoms with Crippen LogP contribution < -0.4 is 10.6 Å². The summed E-state index contributed by atoms with van der Waals surface area (Å²) in [5, 5.41) is 7.02. The number of hydrogen-bond acceptors (Lipinski definition) is 2. The maximum absolute atomic E-state index is 12.5. The zero-order valence-corrected chi connectivity index (χ0v) is 12.3. The van der Waals surface area contributed by atoms with E-state index >= 15 is 0 Å². The maximum atomic E-state index is 12.5. The number of anilines is 1. The highest BCUT2D eigenvalue weighted by Gasteiger charge is 2.28. The lowest BCUT2D eigenvalue weighted by molar-refractivity contribution is -0.122. The number of amides is 1. The number of benzene rings is 2. The molecule has 1 aliphatic carbocycles. The number of hydrogen-bond donors (Lipinski definition) is 2. The molecule has 1 saturated carbocycles. The largest absolute Gasteiger partial charge is 0.370 e. The Morgan fingerprint density at radius 1 is 1.05 bits per heavy atom. The lowest BCUT2D eigenvalue weighted by Gasteiger charge is -2.20. The summed E-state index contributed by atoms with van der Waals surface area (Å²) in [4.78, 5) is 12.5. The maximum Gasteiger partial charge on any atom is 0.247 e. The van der Waals surface area contributed by atoms with Crippen LogP contribution in [0.2, 0.25) is 5.02 Å². The van der Waals surface area contributed by atoms with Crippen LogP contribution in [0.25, 0.3) is 0 Å². The molecule has 2 aromatic rings. The first-order valence-corrected chi connectivity index (χ1v) is 7.47. The van der Waals surface area contributed by atoms with E-state index in [-0.39, 0.29) is 5.91 Å². The summed E-state index contributed by atoms with van der Waals surface area (Å²) in [6, 6.07) is 17.1. The summed E-state index contributed by atoms with van der Waals surface area (Å²) in [5.74, 6) is 0.0126. The molecule has 0 heterocycles. The van der Waals surface area contributed by atoms with E-state index in [1.54, 1.807) is 0 Å². The lowest BCUT2D eigenvalue weighted by Crippen LogP contribution is -2.34. The monoisotopic (exact) mass is 300 g/mol. The predicted molar refractivity (Wildman–Crippen MR) is 85.4 cm³/mol. The highest BCUT2D eigenvalue weighted by Crippen LogP contribution is 2.24. The molecule has 1 fully saturated rings. The predicted octanol–water partition coefficient (Wildman–Crippen LogP) is 3.77. The summed E-state index contributed by atoms with van der Waals surface area (Å²) < 4.78 is 0. The molecule has 2 N–H and O–H groups in total. The molecule has 1 atom stereocenters. The molecule has 0 saturated heterocycles. The third kappa shape index (κ3) is 3.76. The SMILES string of the molecule is O=C(NC1CC1)C(Nc1ccc(Cl)cc1)c1ccccc1. The Labute approximate surface area is 129 Å². The van der Waals surface area contributed by atoms with E-state index in [4.69, 9.17) is 11.6 Å². The van der Waals surface area contributed by atoms with Crippen molar-refractivity contribution in [3.63, 3.8) is 0 Å². The van der Waals surface area contributed by atoms with E-state index in [0.29, 0.717) is 11.1 Å². The minimum absolute atomic E-state index is 0.0126. The fourth-order valence-corrected chi connectivity index (χ4v) is 2.30. The Balaban J connectivity index is 1.80. The van der Waals surface area contributed by atoms with Crippen LogP contribution in [0.5, 0.6) is 0 Å². The minimum atomic E-state index is -0.395. The van der Waals surface area contributed by atoms with E-state index in [1.165, 1.54) is 0 Å². The van der Waals surface area contributed by atoms with Crippen molar-refractivity contribution in [1.82, 2.24) is 5.32 Å². The van der Waals surface area contributed by atoms with Crippen LogP contribution in [0, 0.1) is 0 Å². The van der Waals surface area contributed by atoms with Crippen LogP contribution in [-0.4, -0.2) is 11.9 Å². The second-order valence-electron chi connectivity index (χ2n) is 5.28. The number of carbonyl (C=O) groups excluding carboxylic acids is 1. The molecule has 3 rings (SSSR count). The van der Waals surface area contributed by atoms with Crippen molar-refractivity contribution < 1.29 is 4.79 Å². The van der Waals surface area contributed by atoms with Crippen molar-refractivity contribution in [3.8, 4) is 0 Å². The molecule has 0 spiro atoms. The topological polar surface area (TPSA) is 41.1 Å². The smallest absolute Gasteiger partial charge is 0.247 e. The second kappa shape index (κ2) is 6.19. The first-order chi connectivity index (χ1) is 10.2. The number of halogens is 1. The van der Waals surface area contributed by atoms with Crippen molar-refractivity contribution in [2.75, 3.05) is 5.32 Å². The Kier molecular flexibility index (Phi) is 4.11. The Bertz CT molecular complexity index is 608. The van der Waals surface area contributed by atoms with Gasteiger partial charge in [-0.2, -0.15) is 0 Å². The Morgan fingerprint density at radius 2 is 1.71 bits per heavy atom. The first-order valence-electron chi connectivity index (χ1n) is 7.10. The van der Waals surface area contributed by atoms with Gasteiger partial charge in [-0.1, -0.05) is 41.9 Å². The molecule has 0 radical (unpaired) electrons. The molecule has 21 heavy (non-hydrogen) atoms. The van der Waals surface area contributed by atoms with Crippen LogP contribution in [0.3, 0.4) is 0 Å². The van der Waals surface area contributed by atoms with Gasteiger partial charge in [0.05, 0.1) is 0 Å². The summed E-state index contributed by atoms with van der Waals surface area (Å²) >= 11 is 5.90. The molecular weight excluding hydrogens is 284 g/mol. The van der Waals surface area contributed by atoms with Gasteiger partial charge in [-0.05, 0) is 42.7 Å². The molecule has 4 heteroatoms. The molecule has 0 aliphatic heterocycles. The minimum Gasteiger partial charge on any atom is -0.370 e. The summed E-state index contributed by atoms with van der Waals surface area (Å²) in [6.45, 7) is 0. The summed E-state index contributed by atoms with van der Waals surface area (Å²) in [5.41, 5.74) is 1.82. The van der Waals surface area contributed by atoms with Gasteiger partial charge in [-0.15, -0.1) is 0 Å². The van der Waals surface area contributed by atoms with E-state index in [2.05, 4.69) is 10.6 Å². The number of nitrogens with one attached hydrogen (secondary N) is 2. The Morgan fingerprint density at radius 3 is 2.33 bits per heavy atom. The number of carbonyl (C=O) groups is 1. The van der Waals surface area contributed by atoms with Gasteiger partial charge in [0.15, 0.2) is 0 Å². The lowest BCUT2D eigenvalue weighted by atomic mass is 10.1. The standard InChI is InChI=1S/C17H17ClN2O/c18-13-6-8-14(9-7-13)19-16(12-4-2-1-3-5-12)17(21)20-15-10-11-15/h1-9,15-16,19H,10-11H2,(H,20,21). The summed E-state index contributed by atoms with van der Waals surface area (Å²) in [7, 11) is 0. The van der Waals surface area contributed by atoms with Crippen molar-refractivity contribution >= 4 is 23.2 Å². The van der Waals surface area contributed by atoms with Gasteiger partial charge in [0.25, 0.3) is 0 Å². The molecule has 0 aromatic heterocycles. The molecule has 2 aromatic carbocycles. The highest BCUT2D eigenvalue weighted by molar-refractivity contribution is 6.30. The van der Waals surface area contributed by atoms with Gasteiger partial charge in [-0.3, -0.25) is 4.79 Å². The van der Waals surface area contributed by atoms with Gasteiger partial charge in [0, 0.05) is 16.8 Å². The van der Waals surface area contributed by atoms with Gasteiger partial charge in [0.1, 0.15) is 6.04 Å².